The van der Waals surface area contributed by atoms with Crippen LogP contribution in [0.3, 0.4) is 0 Å². The highest BCUT2D eigenvalue weighted by molar-refractivity contribution is 5.94. The molecule has 0 atom stereocenters. The van der Waals surface area contributed by atoms with Crippen molar-refractivity contribution in [3.05, 3.63) is 87.1 Å². The molecule has 4 rings (SSSR count). The molecule has 0 radical (unpaired) electrons. The number of carbonyl (C=O) groups is 1. The molecule has 0 fully saturated rings. The average Bonchev–Trinajstić information content (AvgIpc) is 3.13. The van der Waals surface area contributed by atoms with Gasteiger partial charge in [-0.3, -0.25) is 19.9 Å². The number of rotatable bonds is 7. The quantitative estimate of drug-likeness (QED) is 0.270. The summed E-state index contributed by atoms with van der Waals surface area (Å²) >= 11 is 0. The zero-order chi connectivity index (χ0) is 23.5. The van der Waals surface area contributed by atoms with Crippen LogP contribution in [-0.4, -0.2) is 20.8 Å². The summed E-state index contributed by atoms with van der Waals surface area (Å²) in [4.78, 5) is 31.6. The number of pyridine rings is 1. The molecule has 7 heteroatoms. The molecular weight excluding hydrogens is 416 g/mol. The molecule has 0 spiro atoms. The van der Waals surface area contributed by atoms with Gasteiger partial charge in [0.2, 0.25) is 5.91 Å². The Balaban J connectivity index is 1.54. The van der Waals surface area contributed by atoms with Gasteiger partial charge in [0.15, 0.2) is 0 Å². The van der Waals surface area contributed by atoms with Gasteiger partial charge in [-0.15, -0.1) is 0 Å². The van der Waals surface area contributed by atoms with Crippen molar-refractivity contribution >= 4 is 28.2 Å². The van der Waals surface area contributed by atoms with Gasteiger partial charge in [0.1, 0.15) is 5.69 Å². The molecule has 2 N–H and O–H groups in total. The maximum Gasteiger partial charge on any atom is 0.293 e. The van der Waals surface area contributed by atoms with Crippen molar-refractivity contribution in [3.63, 3.8) is 0 Å². The van der Waals surface area contributed by atoms with Crippen LogP contribution in [0.5, 0.6) is 0 Å². The summed E-state index contributed by atoms with van der Waals surface area (Å²) in [6, 6.07) is 15.4. The normalized spacial score (nSPS) is 11.0. The first-order valence-corrected chi connectivity index (χ1v) is 10.9. The van der Waals surface area contributed by atoms with E-state index in [9.17, 15) is 14.9 Å². The summed E-state index contributed by atoms with van der Waals surface area (Å²) in [5.41, 5.74) is 6.80. The number of hydrogen-bond donors (Lipinski definition) is 2. The fourth-order valence-electron chi connectivity index (χ4n) is 4.23. The van der Waals surface area contributed by atoms with Crippen LogP contribution in [0.2, 0.25) is 0 Å². The Bertz CT molecular complexity index is 1340. The topological polar surface area (TPSA) is 101 Å². The second-order valence-corrected chi connectivity index (χ2v) is 8.38. The summed E-state index contributed by atoms with van der Waals surface area (Å²) in [5, 5.41) is 15.3. The van der Waals surface area contributed by atoms with Crippen LogP contribution in [0.25, 0.3) is 22.3 Å². The van der Waals surface area contributed by atoms with Gasteiger partial charge in [0.05, 0.1) is 16.3 Å². The molecule has 7 nitrogen and oxygen atoms in total. The van der Waals surface area contributed by atoms with Gasteiger partial charge >= 0.3 is 0 Å². The number of carbonyl (C=O) groups excluding carboxylic acids is 1. The zero-order valence-corrected chi connectivity index (χ0v) is 18.9. The third kappa shape index (κ3) is 4.77. The number of nitrogens with one attached hydrogen (secondary N) is 2. The third-order valence-corrected chi connectivity index (χ3v) is 5.73. The number of anilines is 1. The van der Waals surface area contributed by atoms with Crippen molar-refractivity contribution in [1.82, 2.24) is 9.97 Å². The van der Waals surface area contributed by atoms with Crippen LogP contribution in [-0.2, 0) is 11.2 Å². The van der Waals surface area contributed by atoms with E-state index in [1.54, 1.807) is 20.0 Å². The van der Waals surface area contributed by atoms with Gasteiger partial charge in [-0.2, -0.15) is 0 Å². The van der Waals surface area contributed by atoms with Gasteiger partial charge in [-0.1, -0.05) is 23.8 Å². The first-order chi connectivity index (χ1) is 15.8. The van der Waals surface area contributed by atoms with Crippen LogP contribution < -0.4 is 5.32 Å². The second kappa shape index (κ2) is 9.24. The molecule has 0 saturated heterocycles. The predicted molar refractivity (Wildman–Crippen MR) is 130 cm³/mol. The molecule has 2 aromatic heterocycles. The Morgan fingerprint density at radius 3 is 2.64 bits per heavy atom. The molecule has 0 aliphatic carbocycles. The lowest BCUT2D eigenvalue weighted by atomic mass is 10.0. The summed E-state index contributed by atoms with van der Waals surface area (Å²) in [6.07, 6.45) is 3.30. The average molecular weight is 443 g/mol. The third-order valence-electron chi connectivity index (χ3n) is 5.73. The lowest BCUT2D eigenvalue weighted by Crippen LogP contribution is -2.14. The zero-order valence-electron chi connectivity index (χ0n) is 18.9. The predicted octanol–water partition coefficient (Wildman–Crippen LogP) is 6.02. The fourth-order valence-corrected chi connectivity index (χ4v) is 4.23. The number of hydrogen-bond acceptors (Lipinski definition) is 4. The maximum atomic E-state index is 12.7. The highest BCUT2D eigenvalue weighted by Crippen LogP contribution is 2.32. The Morgan fingerprint density at radius 2 is 1.91 bits per heavy atom. The number of aryl methyl sites for hydroxylation is 4. The molecule has 0 unspecified atom stereocenters. The monoisotopic (exact) mass is 442 g/mol. The number of nitro groups is 1. The minimum absolute atomic E-state index is 0.0783. The highest BCUT2D eigenvalue weighted by Gasteiger charge is 2.20. The number of aromatic nitrogens is 2. The van der Waals surface area contributed by atoms with E-state index >= 15 is 0 Å². The number of aromatic amines is 1. The molecule has 0 saturated carbocycles. The standard InChI is InChI=1S/C26H26N4O3/c1-16-10-11-21-20(14-16)19(26(28-21)22-8-4-5-12-27-22)7-6-9-24(31)29-25-18(3)13-17(2)15-23(25)30(32)33/h4-5,8,10-15,28H,6-7,9H2,1-3H3,(H,29,31). The Hall–Kier alpha value is -4.00. The number of nitrogens with zero attached hydrogens (tertiary/aromatic N) is 2. The lowest BCUT2D eigenvalue weighted by molar-refractivity contribution is -0.384. The molecule has 0 aliphatic heterocycles. The summed E-state index contributed by atoms with van der Waals surface area (Å²) < 4.78 is 0. The van der Waals surface area contributed by atoms with Crippen LogP contribution in [0.15, 0.2) is 54.7 Å². The van der Waals surface area contributed by atoms with E-state index in [0.717, 1.165) is 39.0 Å². The Kier molecular flexibility index (Phi) is 6.22. The van der Waals surface area contributed by atoms with Crippen molar-refractivity contribution in [3.8, 4) is 11.4 Å². The van der Waals surface area contributed by atoms with E-state index in [1.807, 2.05) is 24.3 Å². The second-order valence-electron chi connectivity index (χ2n) is 8.38. The molecule has 4 aromatic rings. The van der Waals surface area contributed by atoms with Crippen LogP contribution in [0, 0.1) is 30.9 Å². The van der Waals surface area contributed by atoms with E-state index in [-0.39, 0.29) is 23.7 Å². The molecule has 2 aromatic carbocycles. The van der Waals surface area contributed by atoms with E-state index in [4.69, 9.17) is 0 Å². The summed E-state index contributed by atoms with van der Waals surface area (Å²) in [7, 11) is 0. The van der Waals surface area contributed by atoms with Crippen LogP contribution in [0.1, 0.15) is 35.1 Å². The van der Waals surface area contributed by atoms with Crippen molar-refractivity contribution in [2.24, 2.45) is 0 Å². The molecule has 0 bridgehead atoms. The fraction of sp³-hybridized carbons (Fsp3) is 0.231. The minimum Gasteiger partial charge on any atom is -0.353 e. The van der Waals surface area contributed by atoms with Gasteiger partial charge < -0.3 is 10.3 Å². The smallest absolute Gasteiger partial charge is 0.293 e. The van der Waals surface area contributed by atoms with Crippen LogP contribution >= 0.6 is 0 Å². The largest absolute Gasteiger partial charge is 0.353 e. The highest BCUT2D eigenvalue weighted by atomic mass is 16.6. The van der Waals surface area contributed by atoms with Crippen molar-refractivity contribution in [1.29, 1.82) is 0 Å². The van der Waals surface area contributed by atoms with E-state index < -0.39 is 4.92 Å². The SMILES string of the molecule is Cc1cc(C)c(NC(=O)CCCc2c(-c3ccccn3)[nH]c3ccc(C)cc23)c([N+](=O)[O-])c1. The number of benzene rings is 2. The maximum absolute atomic E-state index is 12.7. The molecular formula is C26H26N4O3. The van der Waals surface area contributed by atoms with E-state index in [2.05, 4.69) is 40.4 Å². The minimum atomic E-state index is -0.455. The van der Waals surface area contributed by atoms with E-state index in [0.29, 0.717) is 18.4 Å². The lowest BCUT2D eigenvalue weighted by Gasteiger charge is -2.10. The summed E-state index contributed by atoms with van der Waals surface area (Å²) in [6.45, 7) is 5.62. The van der Waals surface area contributed by atoms with E-state index in [1.165, 1.54) is 6.07 Å². The van der Waals surface area contributed by atoms with Crippen molar-refractivity contribution < 1.29 is 9.72 Å². The number of nitro benzene ring substituents is 1. The number of amides is 1. The van der Waals surface area contributed by atoms with Gasteiger partial charge in [0, 0.05) is 29.6 Å². The van der Waals surface area contributed by atoms with Gasteiger partial charge in [0.25, 0.3) is 5.69 Å². The molecule has 33 heavy (non-hydrogen) atoms. The van der Waals surface area contributed by atoms with Gasteiger partial charge in [-0.25, -0.2) is 0 Å². The first kappa shape index (κ1) is 22.2. The Morgan fingerprint density at radius 1 is 1.09 bits per heavy atom. The van der Waals surface area contributed by atoms with Crippen molar-refractivity contribution in [2.45, 2.75) is 40.0 Å². The summed E-state index contributed by atoms with van der Waals surface area (Å²) in [5.74, 6) is -0.236. The number of fused-ring (bicyclic) bond motifs is 1. The molecule has 168 valence electrons. The molecule has 1 amide bonds. The molecule has 2 heterocycles. The first-order valence-electron chi connectivity index (χ1n) is 10.9. The Labute approximate surface area is 192 Å². The van der Waals surface area contributed by atoms with Crippen LogP contribution in [0.4, 0.5) is 11.4 Å². The number of H-pyrrole nitrogens is 1. The van der Waals surface area contributed by atoms with Crippen molar-refractivity contribution in [2.75, 3.05) is 5.32 Å². The molecule has 0 aliphatic rings. The van der Waals surface area contributed by atoms with Gasteiger partial charge in [-0.05, 0) is 74.6 Å².